The zero-order chi connectivity index (χ0) is 18.3. The molecular weight excluding hydrogens is 328 g/mol. The fourth-order valence-electron chi connectivity index (χ4n) is 2.92. The smallest absolute Gasteiger partial charge is 0.222 e. The number of nitrogens with zero attached hydrogens (tertiary/aromatic N) is 6. The van der Waals surface area contributed by atoms with Crippen LogP contribution in [-0.4, -0.2) is 29.5 Å². The van der Waals surface area contributed by atoms with Crippen LogP contribution in [0.25, 0.3) is 33.9 Å². The van der Waals surface area contributed by atoms with Crippen LogP contribution in [0.2, 0.25) is 0 Å². The number of rotatable bonds is 3. The predicted octanol–water partition coefficient (Wildman–Crippen LogP) is 2.44. The number of benzene rings is 1. The van der Waals surface area contributed by atoms with Crippen molar-refractivity contribution in [1.29, 1.82) is 0 Å². The second-order valence-electron chi connectivity index (χ2n) is 5.95. The molecule has 0 fully saturated rings. The van der Waals surface area contributed by atoms with Gasteiger partial charge in [-0.15, -0.1) is 0 Å². The van der Waals surface area contributed by atoms with Crippen LogP contribution in [0.3, 0.4) is 0 Å². The van der Waals surface area contributed by atoms with Gasteiger partial charge in [0, 0.05) is 18.3 Å². The minimum Gasteiger partial charge on any atom is -0.368 e. The van der Waals surface area contributed by atoms with Crippen LogP contribution in [-0.2, 0) is 6.54 Å². The molecule has 0 spiro atoms. The van der Waals surface area contributed by atoms with Gasteiger partial charge in [0.1, 0.15) is 16.9 Å². The zero-order valence-electron chi connectivity index (χ0n) is 14.5. The average Bonchev–Trinajstić information content (AvgIpc) is 3.00. The zero-order valence-corrected chi connectivity index (χ0v) is 14.5. The van der Waals surface area contributed by atoms with Gasteiger partial charge in [0.25, 0.3) is 0 Å². The Labute approximate surface area is 150 Å². The summed E-state index contributed by atoms with van der Waals surface area (Å²) in [5.41, 5.74) is 16.5. The van der Waals surface area contributed by atoms with Crippen LogP contribution < -0.4 is 11.5 Å². The summed E-state index contributed by atoms with van der Waals surface area (Å²) in [6.45, 7) is 4.70. The summed E-state index contributed by atoms with van der Waals surface area (Å²) >= 11 is 0. The van der Waals surface area contributed by atoms with E-state index in [0.717, 1.165) is 5.56 Å². The second-order valence-corrected chi connectivity index (χ2v) is 5.95. The van der Waals surface area contributed by atoms with Gasteiger partial charge in [-0.3, -0.25) is 0 Å². The maximum Gasteiger partial charge on any atom is 0.222 e. The quantitative estimate of drug-likeness (QED) is 0.584. The monoisotopic (exact) mass is 346 g/mol. The number of aryl methyl sites for hydroxylation is 2. The van der Waals surface area contributed by atoms with Crippen LogP contribution in [0.1, 0.15) is 12.5 Å². The van der Waals surface area contributed by atoms with E-state index in [1.807, 2.05) is 42.7 Å². The van der Waals surface area contributed by atoms with Crippen molar-refractivity contribution in [2.75, 3.05) is 11.5 Å². The Hall–Kier alpha value is -3.55. The van der Waals surface area contributed by atoms with Gasteiger partial charge in [0.2, 0.25) is 11.9 Å². The number of fused-ring (bicyclic) bond motifs is 1. The SMILES string of the molecule is CCn1c(-c2ccnc(N)n2)nc2c(-c3ccc(C)cc3)nc(N)nc21. The van der Waals surface area contributed by atoms with Gasteiger partial charge < -0.3 is 16.0 Å². The van der Waals surface area contributed by atoms with Crippen molar-refractivity contribution in [2.24, 2.45) is 0 Å². The van der Waals surface area contributed by atoms with Gasteiger partial charge in [0.15, 0.2) is 11.5 Å². The van der Waals surface area contributed by atoms with E-state index in [9.17, 15) is 0 Å². The Balaban J connectivity index is 2.02. The normalized spacial score (nSPS) is 11.2. The minimum atomic E-state index is 0.196. The maximum absolute atomic E-state index is 5.98. The lowest BCUT2D eigenvalue weighted by atomic mass is 10.1. The molecule has 4 aromatic rings. The lowest BCUT2D eigenvalue weighted by Crippen LogP contribution is -2.04. The number of aromatic nitrogens is 6. The van der Waals surface area contributed by atoms with Gasteiger partial charge >= 0.3 is 0 Å². The molecule has 0 saturated carbocycles. The third-order valence-electron chi connectivity index (χ3n) is 4.16. The van der Waals surface area contributed by atoms with Crippen molar-refractivity contribution >= 4 is 23.1 Å². The van der Waals surface area contributed by atoms with Gasteiger partial charge in [0.05, 0.1) is 0 Å². The molecule has 0 radical (unpaired) electrons. The van der Waals surface area contributed by atoms with E-state index in [2.05, 4.69) is 19.9 Å². The maximum atomic E-state index is 5.98. The number of hydrogen-bond acceptors (Lipinski definition) is 7. The van der Waals surface area contributed by atoms with Crippen molar-refractivity contribution in [3.05, 3.63) is 42.1 Å². The lowest BCUT2D eigenvalue weighted by Gasteiger charge is -2.06. The Kier molecular flexibility index (Phi) is 3.72. The Morgan fingerprint density at radius 1 is 0.923 bits per heavy atom. The Morgan fingerprint density at radius 2 is 1.69 bits per heavy atom. The topological polar surface area (TPSA) is 121 Å². The standard InChI is InChI=1S/C18H18N8/c1-3-26-15(12-8-9-21-17(19)22-12)23-14-13(24-18(20)25-16(14)26)11-6-4-10(2)5-7-11/h4-9H,3H2,1-2H3,(H2,19,21,22)(H2,20,24,25). The van der Waals surface area contributed by atoms with Crippen LogP contribution >= 0.6 is 0 Å². The highest BCUT2D eigenvalue weighted by molar-refractivity contribution is 5.90. The Morgan fingerprint density at radius 3 is 2.38 bits per heavy atom. The van der Waals surface area contributed by atoms with Crippen LogP contribution in [0.15, 0.2) is 36.5 Å². The number of imidazole rings is 1. The average molecular weight is 346 g/mol. The van der Waals surface area contributed by atoms with Gasteiger partial charge in [-0.1, -0.05) is 29.8 Å². The summed E-state index contributed by atoms with van der Waals surface area (Å²) in [4.78, 5) is 21.8. The Bertz CT molecular complexity index is 1100. The summed E-state index contributed by atoms with van der Waals surface area (Å²) in [6, 6.07) is 9.84. The van der Waals surface area contributed by atoms with Crippen molar-refractivity contribution in [1.82, 2.24) is 29.5 Å². The molecule has 1 aromatic carbocycles. The van der Waals surface area contributed by atoms with E-state index in [1.54, 1.807) is 12.3 Å². The molecule has 8 nitrogen and oxygen atoms in total. The highest BCUT2D eigenvalue weighted by atomic mass is 15.2. The van der Waals surface area contributed by atoms with Gasteiger partial charge in [-0.2, -0.15) is 4.98 Å². The van der Waals surface area contributed by atoms with E-state index < -0.39 is 0 Å². The molecule has 4 N–H and O–H groups in total. The van der Waals surface area contributed by atoms with Crippen molar-refractivity contribution in [2.45, 2.75) is 20.4 Å². The molecule has 0 aliphatic carbocycles. The molecular formula is C18H18N8. The third-order valence-corrected chi connectivity index (χ3v) is 4.16. The summed E-state index contributed by atoms with van der Waals surface area (Å²) < 4.78 is 1.95. The molecule has 3 aromatic heterocycles. The van der Waals surface area contributed by atoms with Gasteiger partial charge in [-0.25, -0.2) is 19.9 Å². The summed E-state index contributed by atoms with van der Waals surface area (Å²) in [5.74, 6) is 1.06. The number of nitrogen functional groups attached to an aromatic ring is 2. The highest BCUT2D eigenvalue weighted by Crippen LogP contribution is 2.30. The molecule has 0 aliphatic rings. The summed E-state index contributed by atoms with van der Waals surface area (Å²) in [5, 5.41) is 0. The predicted molar refractivity (Wildman–Crippen MR) is 101 cm³/mol. The van der Waals surface area contributed by atoms with E-state index in [-0.39, 0.29) is 11.9 Å². The first-order valence-electron chi connectivity index (χ1n) is 8.26. The highest BCUT2D eigenvalue weighted by Gasteiger charge is 2.19. The molecule has 0 bridgehead atoms. The molecule has 0 amide bonds. The van der Waals surface area contributed by atoms with E-state index in [4.69, 9.17) is 16.5 Å². The molecule has 4 rings (SSSR count). The molecule has 130 valence electrons. The molecule has 26 heavy (non-hydrogen) atoms. The third kappa shape index (κ3) is 2.61. The minimum absolute atomic E-state index is 0.196. The summed E-state index contributed by atoms with van der Waals surface area (Å²) in [7, 11) is 0. The van der Waals surface area contributed by atoms with Crippen molar-refractivity contribution in [3.8, 4) is 22.8 Å². The first-order valence-corrected chi connectivity index (χ1v) is 8.26. The van der Waals surface area contributed by atoms with Crippen molar-refractivity contribution in [3.63, 3.8) is 0 Å². The van der Waals surface area contributed by atoms with Crippen LogP contribution in [0.5, 0.6) is 0 Å². The van der Waals surface area contributed by atoms with Gasteiger partial charge in [-0.05, 0) is 19.9 Å². The van der Waals surface area contributed by atoms with Crippen LogP contribution in [0.4, 0.5) is 11.9 Å². The van der Waals surface area contributed by atoms with Crippen LogP contribution in [0, 0.1) is 6.92 Å². The first-order chi connectivity index (χ1) is 12.6. The number of hydrogen-bond donors (Lipinski definition) is 2. The molecule has 0 unspecified atom stereocenters. The second kappa shape index (κ2) is 6.07. The number of anilines is 2. The molecule has 8 heteroatoms. The molecule has 3 heterocycles. The molecule has 0 saturated heterocycles. The first kappa shape index (κ1) is 15.9. The summed E-state index contributed by atoms with van der Waals surface area (Å²) in [6.07, 6.45) is 1.61. The van der Waals surface area contributed by atoms with E-state index in [1.165, 1.54) is 5.56 Å². The fourth-order valence-corrected chi connectivity index (χ4v) is 2.92. The number of nitrogens with two attached hydrogens (primary N) is 2. The largest absolute Gasteiger partial charge is 0.368 e. The molecule has 0 atom stereocenters. The van der Waals surface area contributed by atoms with E-state index >= 15 is 0 Å². The molecule has 0 aliphatic heterocycles. The lowest BCUT2D eigenvalue weighted by molar-refractivity contribution is 0.784. The fraction of sp³-hybridized carbons (Fsp3) is 0.167. The van der Waals surface area contributed by atoms with E-state index in [0.29, 0.717) is 34.9 Å². The van der Waals surface area contributed by atoms with Crippen molar-refractivity contribution < 1.29 is 0 Å².